The molecule has 2 aliphatic heterocycles. The van der Waals surface area contributed by atoms with Gasteiger partial charge in [0.2, 0.25) is 20.0 Å². The number of aromatic amines is 1. The number of piperidine rings is 1. The number of aromatic nitrogens is 2. The average molecular weight is 624 g/mol. The summed E-state index contributed by atoms with van der Waals surface area (Å²) < 4.78 is 71.9. The monoisotopic (exact) mass is 623 g/mol. The Labute approximate surface area is 245 Å². The molecule has 2 saturated heterocycles. The van der Waals surface area contributed by atoms with Crippen LogP contribution in [0, 0.1) is 0 Å². The van der Waals surface area contributed by atoms with Gasteiger partial charge in [-0.3, -0.25) is 4.98 Å². The van der Waals surface area contributed by atoms with Crippen molar-refractivity contribution in [2.45, 2.75) is 46.8 Å². The van der Waals surface area contributed by atoms with Crippen LogP contribution in [-0.2, 0) is 29.5 Å². The van der Waals surface area contributed by atoms with E-state index in [1.165, 1.54) is 29.7 Å². The number of nitrogens with one attached hydrogen (secondary N) is 3. The number of aliphatic hydroxyl groups is 1. The smallest absolute Gasteiger partial charge is 0.244 e. The normalized spacial score (nSPS) is 20.3. The summed E-state index contributed by atoms with van der Waals surface area (Å²) in [6, 6.07) is 9.50. The van der Waals surface area contributed by atoms with E-state index in [2.05, 4.69) is 20.0 Å². The third kappa shape index (κ3) is 7.11. The van der Waals surface area contributed by atoms with E-state index in [0.29, 0.717) is 55.7 Å². The summed E-state index contributed by atoms with van der Waals surface area (Å²) in [6.45, 7) is 1.81. The van der Waals surface area contributed by atoms with Crippen molar-refractivity contribution in [3.63, 3.8) is 0 Å². The summed E-state index contributed by atoms with van der Waals surface area (Å²) >= 11 is 0. The molecule has 0 bridgehead atoms. The van der Waals surface area contributed by atoms with Gasteiger partial charge in [-0.25, -0.2) is 21.6 Å². The van der Waals surface area contributed by atoms with Crippen LogP contribution in [0.3, 0.4) is 0 Å². The number of benzene rings is 1. The van der Waals surface area contributed by atoms with Gasteiger partial charge in [0.25, 0.3) is 0 Å². The summed E-state index contributed by atoms with van der Waals surface area (Å²) in [4.78, 5) is 7.48. The highest BCUT2D eigenvalue weighted by atomic mass is 32.2. The van der Waals surface area contributed by atoms with Gasteiger partial charge in [0.1, 0.15) is 23.4 Å². The third-order valence-corrected chi connectivity index (χ3v) is 11.0. The highest BCUT2D eigenvalue weighted by Gasteiger charge is 2.44. The Hall–Kier alpha value is -2.63. The van der Waals surface area contributed by atoms with Crippen LogP contribution in [0.1, 0.15) is 19.3 Å². The SMILES string of the molecule is COCCNS(=O)(=O)c1cccc(OCC(O)CN[C@H]2COC3(CCN(S(=O)(=O)c4cnc5cc[nH]c5c4)CC3)C2)c1. The highest BCUT2D eigenvalue weighted by molar-refractivity contribution is 7.89. The molecule has 2 aliphatic rings. The van der Waals surface area contributed by atoms with Crippen LogP contribution in [0.5, 0.6) is 5.75 Å². The van der Waals surface area contributed by atoms with Gasteiger partial charge >= 0.3 is 0 Å². The van der Waals surface area contributed by atoms with Gasteiger partial charge < -0.3 is 29.6 Å². The van der Waals surface area contributed by atoms with Crippen molar-refractivity contribution < 1.29 is 36.2 Å². The van der Waals surface area contributed by atoms with E-state index in [-0.39, 0.29) is 42.1 Å². The van der Waals surface area contributed by atoms with Crippen molar-refractivity contribution in [1.29, 1.82) is 0 Å². The van der Waals surface area contributed by atoms with Crippen LogP contribution in [0.25, 0.3) is 11.0 Å². The first-order chi connectivity index (χ1) is 20.1. The maximum Gasteiger partial charge on any atom is 0.244 e. The molecule has 4 heterocycles. The van der Waals surface area contributed by atoms with Gasteiger partial charge in [-0.05, 0) is 43.5 Å². The average Bonchev–Trinajstić information content (AvgIpc) is 3.62. The van der Waals surface area contributed by atoms with Crippen molar-refractivity contribution >= 4 is 31.1 Å². The third-order valence-electron chi connectivity index (χ3n) is 7.65. The van der Waals surface area contributed by atoms with Crippen LogP contribution >= 0.6 is 0 Å². The number of sulfonamides is 2. The molecule has 13 nitrogen and oxygen atoms in total. The Bertz CT molecular complexity index is 1570. The molecular formula is C27H37N5O8S2. The molecule has 0 amide bonds. The van der Waals surface area contributed by atoms with Gasteiger partial charge in [-0.1, -0.05) is 6.07 Å². The molecule has 1 unspecified atom stereocenters. The minimum Gasteiger partial charge on any atom is -0.491 e. The molecule has 3 aromatic rings. The van der Waals surface area contributed by atoms with E-state index < -0.39 is 31.8 Å². The van der Waals surface area contributed by atoms with E-state index in [1.54, 1.807) is 30.5 Å². The first-order valence-corrected chi connectivity index (χ1v) is 16.7. The fourth-order valence-electron chi connectivity index (χ4n) is 5.31. The molecule has 2 atom stereocenters. The van der Waals surface area contributed by atoms with Crippen LogP contribution in [-0.4, -0.2) is 107 Å². The lowest BCUT2D eigenvalue weighted by Crippen LogP contribution is -2.47. The predicted octanol–water partition coefficient (Wildman–Crippen LogP) is 0.829. The summed E-state index contributed by atoms with van der Waals surface area (Å²) in [5.41, 5.74) is 0.987. The quantitative estimate of drug-likeness (QED) is 0.200. The van der Waals surface area contributed by atoms with Crippen molar-refractivity contribution in [3.05, 3.63) is 48.8 Å². The van der Waals surface area contributed by atoms with Crippen molar-refractivity contribution in [2.75, 3.05) is 53.1 Å². The fraction of sp³-hybridized carbons (Fsp3) is 0.519. The van der Waals surface area contributed by atoms with Gasteiger partial charge in [0, 0.05) is 57.8 Å². The zero-order valence-corrected chi connectivity index (χ0v) is 25.0. The first-order valence-electron chi connectivity index (χ1n) is 13.8. The van der Waals surface area contributed by atoms with E-state index >= 15 is 0 Å². The second-order valence-electron chi connectivity index (χ2n) is 10.6. The molecule has 15 heteroatoms. The molecule has 0 aliphatic carbocycles. The van der Waals surface area contributed by atoms with Crippen LogP contribution in [0.2, 0.25) is 0 Å². The number of aliphatic hydroxyl groups excluding tert-OH is 1. The minimum absolute atomic E-state index is 0.00828. The Morgan fingerprint density at radius 3 is 2.79 bits per heavy atom. The molecule has 0 radical (unpaired) electrons. The van der Waals surface area contributed by atoms with Crippen molar-refractivity contribution in [3.8, 4) is 5.75 Å². The molecule has 0 saturated carbocycles. The van der Waals surface area contributed by atoms with E-state index in [0.717, 1.165) is 0 Å². The van der Waals surface area contributed by atoms with Gasteiger partial charge in [-0.2, -0.15) is 4.31 Å². The van der Waals surface area contributed by atoms with E-state index in [4.69, 9.17) is 14.2 Å². The summed E-state index contributed by atoms with van der Waals surface area (Å²) in [7, 11) is -5.88. The van der Waals surface area contributed by atoms with Crippen LogP contribution in [0.4, 0.5) is 0 Å². The molecule has 42 heavy (non-hydrogen) atoms. The lowest BCUT2D eigenvalue weighted by atomic mass is 9.88. The summed E-state index contributed by atoms with van der Waals surface area (Å²) in [5, 5.41) is 13.8. The number of nitrogens with zero attached hydrogens (tertiary/aromatic N) is 2. The molecule has 5 rings (SSSR count). The molecule has 2 aromatic heterocycles. The van der Waals surface area contributed by atoms with Gasteiger partial charge in [0.05, 0.1) is 34.7 Å². The second kappa shape index (κ2) is 12.9. The maximum atomic E-state index is 13.2. The van der Waals surface area contributed by atoms with Gasteiger partial charge in [0.15, 0.2) is 0 Å². The molecule has 2 fully saturated rings. The number of hydrogen-bond acceptors (Lipinski definition) is 10. The van der Waals surface area contributed by atoms with E-state index in [1.807, 2.05) is 0 Å². The fourth-order valence-corrected chi connectivity index (χ4v) is 7.77. The summed E-state index contributed by atoms with van der Waals surface area (Å²) in [5.74, 6) is 0.331. The number of pyridine rings is 1. The Morgan fingerprint density at radius 2 is 2.00 bits per heavy atom. The maximum absolute atomic E-state index is 13.2. The zero-order valence-electron chi connectivity index (χ0n) is 23.4. The molecular weight excluding hydrogens is 586 g/mol. The Morgan fingerprint density at radius 1 is 1.19 bits per heavy atom. The Kier molecular flexibility index (Phi) is 9.49. The first kappa shape index (κ1) is 30.8. The number of ether oxygens (including phenoxy) is 3. The predicted molar refractivity (Wildman–Crippen MR) is 154 cm³/mol. The van der Waals surface area contributed by atoms with Crippen LogP contribution in [0.15, 0.2) is 58.6 Å². The number of methoxy groups -OCH3 is 1. The topological polar surface area (TPSA) is 172 Å². The molecule has 1 spiro atoms. The lowest BCUT2D eigenvalue weighted by Gasteiger charge is -2.38. The van der Waals surface area contributed by atoms with Crippen LogP contribution < -0.4 is 14.8 Å². The number of fused-ring (bicyclic) bond motifs is 1. The highest BCUT2D eigenvalue weighted by Crippen LogP contribution is 2.37. The zero-order chi connectivity index (χ0) is 29.8. The minimum atomic E-state index is -3.70. The number of H-pyrrole nitrogens is 1. The van der Waals surface area contributed by atoms with Crippen molar-refractivity contribution in [2.24, 2.45) is 0 Å². The second-order valence-corrected chi connectivity index (χ2v) is 14.3. The number of hydrogen-bond donors (Lipinski definition) is 4. The molecule has 1 aromatic carbocycles. The van der Waals surface area contributed by atoms with E-state index in [9.17, 15) is 21.9 Å². The summed E-state index contributed by atoms with van der Waals surface area (Å²) in [6.07, 6.45) is 4.16. The van der Waals surface area contributed by atoms with Crippen molar-refractivity contribution in [1.82, 2.24) is 24.3 Å². The standard InChI is InChI=1S/C27H37N5O8S2/c1-38-12-9-31-41(34,35)23-4-2-3-22(13-23)39-19-21(33)16-29-20-15-27(40-18-20)6-10-32(11-7-27)42(36,37)24-14-26-25(30-17-24)5-8-28-26/h2-5,8,13-14,17,20-21,28-29,31,33H,6-7,9-12,15-16,18-19H2,1H3/t20-,21?/m1/s1. The van der Waals surface area contributed by atoms with Gasteiger partial charge in [-0.15, -0.1) is 0 Å². The molecule has 4 N–H and O–H groups in total. The Balaban J connectivity index is 1.06. The number of rotatable bonds is 13. The molecule has 230 valence electrons. The largest absolute Gasteiger partial charge is 0.491 e. The lowest BCUT2D eigenvalue weighted by molar-refractivity contribution is -0.0312.